The highest BCUT2D eigenvalue weighted by Gasteiger charge is 2.12. The summed E-state index contributed by atoms with van der Waals surface area (Å²) in [6.45, 7) is -2.30. The van der Waals surface area contributed by atoms with E-state index in [9.17, 15) is 13.9 Å². The lowest BCUT2D eigenvalue weighted by Crippen LogP contribution is -2.05. The lowest BCUT2D eigenvalue weighted by atomic mass is 10.0. The van der Waals surface area contributed by atoms with E-state index in [1.807, 2.05) is 12.1 Å². The first-order valence-electron chi connectivity index (χ1n) is 8.87. The first kappa shape index (κ1) is 21.0. The minimum atomic E-state index is -2.88. The van der Waals surface area contributed by atoms with Gasteiger partial charge in [0.25, 0.3) is 0 Å². The minimum absolute atomic E-state index is 0.0531. The molecule has 0 atom stereocenters. The van der Waals surface area contributed by atoms with Gasteiger partial charge in [0.1, 0.15) is 17.3 Å². The molecular weight excluding hydrogens is 446 g/mol. The number of phenolic OH excluding ortho intramolecular Hbond substituents is 1. The maximum atomic E-state index is 12.4. The van der Waals surface area contributed by atoms with Crippen molar-refractivity contribution in [1.82, 2.24) is 4.98 Å². The number of aromatic hydroxyl groups is 1. The standard InChI is InChI=1S/C21H19BrF2N2O3/c22-15-4-7-19(28)17(12-15)18-10-14(11-20(26-18)25-8-1-9-27)13-2-5-16(6-3-13)29-21(23)24/h2-7,10-12,21,27-28H,1,8-9H2,(H,25,26). The zero-order chi connectivity index (χ0) is 20.8. The number of ether oxygens (including phenoxy) is 1. The van der Waals surface area contributed by atoms with E-state index in [4.69, 9.17) is 5.11 Å². The van der Waals surface area contributed by atoms with Gasteiger partial charge in [-0.3, -0.25) is 0 Å². The molecular formula is C21H19BrF2N2O3. The van der Waals surface area contributed by atoms with Crippen LogP contribution >= 0.6 is 15.9 Å². The highest BCUT2D eigenvalue weighted by Crippen LogP contribution is 2.34. The number of alkyl halides is 2. The van der Waals surface area contributed by atoms with E-state index < -0.39 is 6.61 Å². The van der Waals surface area contributed by atoms with E-state index in [2.05, 4.69) is 31.0 Å². The zero-order valence-corrected chi connectivity index (χ0v) is 16.9. The number of halogens is 3. The van der Waals surface area contributed by atoms with Gasteiger partial charge in [0.2, 0.25) is 0 Å². The summed E-state index contributed by atoms with van der Waals surface area (Å²) in [4.78, 5) is 4.56. The molecule has 0 aliphatic heterocycles. The molecule has 0 fully saturated rings. The zero-order valence-electron chi connectivity index (χ0n) is 15.3. The van der Waals surface area contributed by atoms with Gasteiger partial charge in [-0.2, -0.15) is 8.78 Å². The Morgan fingerprint density at radius 3 is 2.48 bits per heavy atom. The van der Waals surface area contributed by atoms with Gasteiger partial charge in [-0.25, -0.2) is 4.98 Å². The fourth-order valence-electron chi connectivity index (χ4n) is 2.76. The Kier molecular flexibility index (Phi) is 7.00. The van der Waals surface area contributed by atoms with Crippen LogP contribution in [0.25, 0.3) is 22.4 Å². The van der Waals surface area contributed by atoms with Crippen molar-refractivity contribution in [2.24, 2.45) is 0 Å². The number of anilines is 1. The van der Waals surface area contributed by atoms with Gasteiger partial charge in [0.15, 0.2) is 0 Å². The Morgan fingerprint density at radius 2 is 1.79 bits per heavy atom. The SMILES string of the molecule is OCCCNc1cc(-c2ccc(OC(F)F)cc2)cc(-c2cc(Br)ccc2O)n1. The molecule has 2 aromatic carbocycles. The number of nitrogens with zero attached hydrogens (tertiary/aromatic N) is 1. The smallest absolute Gasteiger partial charge is 0.387 e. The minimum Gasteiger partial charge on any atom is -0.507 e. The highest BCUT2D eigenvalue weighted by atomic mass is 79.9. The van der Waals surface area contributed by atoms with Gasteiger partial charge < -0.3 is 20.3 Å². The predicted molar refractivity (Wildman–Crippen MR) is 111 cm³/mol. The topological polar surface area (TPSA) is 74.6 Å². The van der Waals surface area contributed by atoms with E-state index in [0.29, 0.717) is 30.0 Å². The van der Waals surface area contributed by atoms with Gasteiger partial charge >= 0.3 is 6.61 Å². The molecule has 8 heteroatoms. The van der Waals surface area contributed by atoms with Crippen molar-refractivity contribution in [3.05, 3.63) is 59.1 Å². The first-order chi connectivity index (χ1) is 14.0. The molecule has 0 spiro atoms. The van der Waals surface area contributed by atoms with Crippen LogP contribution in [-0.2, 0) is 0 Å². The second-order valence-corrected chi connectivity index (χ2v) is 7.11. The van der Waals surface area contributed by atoms with E-state index in [0.717, 1.165) is 15.6 Å². The summed E-state index contributed by atoms with van der Waals surface area (Å²) in [5.41, 5.74) is 2.64. The maximum Gasteiger partial charge on any atom is 0.387 e. The van der Waals surface area contributed by atoms with Crippen LogP contribution in [0, 0.1) is 0 Å². The summed E-state index contributed by atoms with van der Waals surface area (Å²) in [7, 11) is 0. The Morgan fingerprint density at radius 1 is 1.03 bits per heavy atom. The van der Waals surface area contributed by atoms with E-state index >= 15 is 0 Å². The number of aromatic nitrogens is 1. The highest BCUT2D eigenvalue weighted by molar-refractivity contribution is 9.10. The summed E-state index contributed by atoms with van der Waals surface area (Å²) in [5.74, 6) is 0.724. The van der Waals surface area contributed by atoms with E-state index in [1.54, 1.807) is 30.3 Å². The molecule has 0 bridgehead atoms. The average Bonchev–Trinajstić information content (AvgIpc) is 2.70. The predicted octanol–water partition coefficient (Wildman–Crippen LogP) is 5.28. The van der Waals surface area contributed by atoms with Crippen LogP contribution in [0.4, 0.5) is 14.6 Å². The molecule has 1 aromatic heterocycles. The number of benzene rings is 2. The van der Waals surface area contributed by atoms with E-state index in [-0.39, 0.29) is 18.1 Å². The molecule has 0 saturated heterocycles. The quantitative estimate of drug-likeness (QED) is 0.395. The molecule has 0 radical (unpaired) electrons. The van der Waals surface area contributed by atoms with Crippen molar-refractivity contribution in [2.45, 2.75) is 13.0 Å². The van der Waals surface area contributed by atoms with Crippen LogP contribution < -0.4 is 10.1 Å². The molecule has 0 saturated carbocycles. The Hall–Kier alpha value is -2.71. The number of hydrogen-bond donors (Lipinski definition) is 3. The molecule has 3 aromatic rings. The fourth-order valence-corrected chi connectivity index (χ4v) is 3.12. The third-order valence-corrected chi connectivity index (χ3v) is 4.61. The fraction of sp³-hybridized carbons (Fsp3) is 0.190. The Labute approximate surface area is 175 Å². The first-order valence-corrected chi connectivity index (χ1v) is 9.66. The lowest BCUT2D eigenvalue weighted by molar-refractivity contribution is -0.0498. The Balaban J connectivity index is 2.01. The molecule has 3 rings (SSSR count). The lowest BCUT2D eigenvalue weighted by Gasteiger charge is -2.13. The van der Waals surface area contributed by atoms with Gasteiger partial charge in [-0.15, -0.1) is 0 Å². The Bertz CT molecular complexity index is 969. The summed E-state index contributed by atoms with van der Waals surface area (Å²) < 4.78 is 29.9. The maximum absolute atomic E-state index is 12.4. The number of hydrogen-bond acceptors (Lipinski definition) is 5. The molecule has 152 valence electrons. The molecule has 29 heavy (non-hydrogen) atoms. The normalized spacial score (nSPS) is 10.9. The molecule has 0 amide bonds. The van der Waals surface area contributed by atoms with Crippen LogP contribution in [0.3, 0.4) is 0 Å². The van der Waals surface area contributed by atoms with Crippen molar-refractivity contribution in [1.29, 1.82) is 0 Å². The second kappa shape index (κ2) is 9.67. The molecule has 0 aliphatic carbocycles. The van der Waals surface area contributed by atoms with Crippen LogP contribution in [-0.4, -0.2) is 35.0 Å². The molecule has 0 unspecified atom stereocenters. The van der Waals surface area contributed by atoms with Crippen molar-refractivity contribution in [2.75, 3.05) is 18.5 Å². The van der Waals surface area contributed by atoms with Crippen molar-refractivity contribution < 1.29 is 23.7 Å². The van der Waals surface area contributed by atoms with Gasteiger partial charge in [-0.1, -0.05) is 28.1 Å². The van der Waals surface area contributed by atoms with Crippen molar-refractivity contribution in [3.8, 4) is 33.9 Å². The molecule has 0 aliphatic rings. The van der Waals surface area contributed by atoms with Crippen LogP contribution in [0.15, 0.2) is 59.1 Å². The summed E-state index contributed by atoms with van der Waals surface area (Å²) in [6.07, 6.45) is 0.559. The third-order valence-electron chi connectivity index (χ3n) is 4.11. The summed E-state index contributed by atoms with van der Waals surface area (Å²) >= 11 is 3.40. The van der Waals surface area contributed by atoms with Gasteiger partial charge in [0.05, 0.1) is 5.69 Å². The largest absolute Gasteiger partial charge is 0.507 e. The molecule has 1 heterocycles. The van der Waals surface area contributed by atoms with Crippen molar-refractivity contribution in [3.63, 3.8) is 0 Å². The third kappa shape index (κ3) is 5.65. The number of aliphatic hydroxyl groups is 1. The summed E-state index contributed by atoms with van der Waals surface area (Å²) in [5, 5.41) is 22.4. The van der Waals surface area contributed by atoms with E-state index in [1.165, 1.54) is 12.1 Å². The number of nitrogens with one attached hydrogen (secondary N) is 1. The van der Waals surface area contributed by atoms with Gasteiger partial charge in [-0.05, 0) is 60.0 Å². The number of rotatable bonds is 8. The van der Waals surface area contributed by atoms with Gasteiger partial charge in [0, 0.05) is 23.2 Å². The number of pyridine rings is 1. The van der Waals surface area contributed by atoms with Crippen LogP contribution in [0.2, 0.25) is 0 Å². The van der Waals surface area contributed by atoms with Crippen LogP contribution in [0.1, 0.15) is 6.42 Å². The van der Waals surface area contributed by atoms with Crippen LogP contribution in [0.5, 0.6) is 11.5 Å². The monoisotopic (exact) mass is 464 g/mol. The number of aliphatic hydroxyl groups excluding tert-OH is 1. The second-order valence-electron chi connectivity index (χ2n) is 6.19. The number of phenols is 1. The van der Waals surface area contributed by atoms with Crippen molar-refractivity contribution >= 4 is 21.7 Å². The molecule has 3 N–H and O–H groups in total. The average molecular weight is 465 g/mol. The summed E-state index contributed by atoms with van der Waals surface area (Å²) in [6, 6.07) is 15.0. The molecule has 5 nitrogen and oxygen atoms in total.